The van der Waals surface area contributed by atoms with Gasteiger partial charge in [0.25, 0.3) is 0 Å². The Balaban J connectivity index is 2.28. The van der Waals surface area contributed by atoms with E-state index in [0.29, 0.717) is 17.7 Å². The molecule has 3 heteroatoms. The number of halogens is 1. The monoisotopic (exact) mass is 255 g/mol. The summed E-state index contributed by atoms with van der Waals surface area (Å²) in [4.78, 5) is 4.03. The van der Waals surface area contributed by atoms with Crippen molar-refractivity contribution in [1.29, 1.82) is 0 Å². The van der Waals surface area contributed by atoms with Crippen LogP contribution in [0.25, 0.3) is 0 Å². The van der Waals surface area contributed by atoms with Crippen molar-refractivity contribution in [3.05, 3.63) is 29.0 Å². The molecule has 0 saturated heterocycles. The Labute approximate surface area is 109 Å². The van der Waals surface area contributed by atoms with E-state index in [1.807, 2.05) is 12.1 Å². The van der Waals surface area contributed by atoms with E-state index >= 15 is 0 Å². The van der Waals surface area contributed by atoms with Gasteiger partial charge >= 0.3 is 0 Å². The summed E-state index contributed by atoms with van der Waals surface area (Å²) < 4.78 is 5.73. The van der Waals surface area contributed by atoms with E-state index in [1.54, 1.807) is 6.20 Å². The summed E-state index contributed by atoms with van der Waals surface area (Å²) >= 11 is 5.97. The summed E-state index contributed by atoms with van der Waals surface area (Å²) in [6, 6.07) is 3.85. The lowest BCUT2D eigenvalue weighted by Gasteiger charge is -2.14. The van der Waals surface area contributed by atoms with Crippen LogP contribution >= 0.6 is 11.6 Å². The minimum atomic E-state index is 0.550. The third kappa shape index (κ3) is 5.51. The molecule has 1 unspecified atom stereocenters. The molecule has 0 fully saturated rings. The van der Waals surface area contributed by atoms with Crippen molar-refractivity contribution in [1.82, 2.24) is 4.98 Å². The largest absolute Gasteiger partial charge is 0.376 e. The molecule has 17 heavy (non-hydrogen) atoms. The van der Waals surface area contributed by atoms with Crippen LogP contribution in [0.3, 0.4) is 0 Å². The first-order valence-electron chi connectivity index (χ1n) is 6.45. The van der Waals surface area contributed by atoms with Crippen LogP contribution in [0.15, 0.2) is 18.3 Å². The Morgan fingerprint density at radius 1 is 1.41 bits per heavy atom. The molecular formula is C14H22ClNO. The molecule has 1 aromatic heterocycles. The Bertz CT molecular complexity index is 317. The zero-order valence-corrected chi connectivity index (χ0v) is 11.5. The Hall–Kier alpha value is -0.600. The summed E-state index contributed by atoms with van der Waals surface area (Å²) in [5.74, 6) is 0.672. The number of unbranched alkanes of at least 4 members (excludes halogenated alkanes) is 1. The summed E-state index contributed by atoms with van der Waals surface area (Å²) in [6.07, 6.45) is 6.68. The average Bonchev–Trinajstić information content (AvgIpc) is 2.35. The topological polar surface area (TPSA) is 22.1 Å². The lowest BCUT2D eigenvalue weighted by Crippen LogP contribution is -2.09. The fraction of sp³-hybridized carbons (Fsp3) is 0.643. The van der Waals surface area contributed by atoms with Gasteiger partial charge < -0.3 is 4.74 Å². The van der Waals surface area contributed by atoms with Gasteiger partial charge in [-0.25, -0.2) is 4.98 Å². The zero-order chi connectivity index (χ0) is 12.5. The summed E-state index contributed by atoms with van der Waals surface area (Å²) in [5.41, 5.74) is 0.972. The quantitative estimate of drug-likeness (QED) is 0.640. The maximum Gasteiger partial charge on any atom is 0.134 e. The molecule has 0 spiro atoms. The highest BCUT2D eigenvalue weighted by Crippen LogP contribution is 2.16. The maximum atomic E-state index is 5.97. The van der Waals surface area contributed by atoms with Gasteiger partial charge in [0.05, 0.1) is 6.61 Å². The predicted molar refractivity (Wildman–Crippen MR) is 72.2 cm³/mol. The van der Waals surface area contributed by atoms with E-state index < -0.39 is 0 Å². The second-order valence-electron chi connectivity index (χ2n) is 4.38. The van der Waals surface area contributed by atoms with Crippen molar-refractivity contribution in [3.63, 3.8) is 0 Å². The number of rotatable bonds is 8. The lowest BCUT2D eigenvalue weighted by molar-refractivity contribution is 0.0819. The molecule has 2 nitrogen and oxygen atoms in total. The third-order valence-electron chi connectivity index (χ3n) is 2.99. The number of hydrogen-bond acceptors (Lipinski definition) is 2. The van der Waals surface area contributed by atoms with Crippen LogP contribution in [0.1, 0.15) is 45.1 Å². The molecular weight excluding hydrogens is 234 g/mol. The van der Waals surface area contributed by atoms with Crippen molar-refractivity contribution in [2.24, 2.45) is 5.92 Å². The first-order chi connectivity index (χ1) is 8.27. The van der Waals surface area contributed by atoms with Crippen molar-refractivity contribution >= 4 is 11.6 Å². The van der Waals surface area contributed by atoms with E-state index in [2.05, 4.69) is 18.8 Å². The van der Waals surface area contributed by atoms with Gasteiger partial charge in [-0.1, -0.05) is 50.8 Å². The number of ether oxygens (including phenoxy) is 1. The van der Waals surface area contributed by atoms with E-state index in [4.69, 9.17) is 16.3 Å². The van der Waals surface area contributed by atoms with Crippen molar-refractivity contribution in [2.75, 3.05) is 6.61 Å². The molecule has 1 rings (SSSR count). The van der Waals surface area contributed by atoms with Gasteiger partial charge in [0.2, 0.25) is 0 Å². The third-order valence-corrected chi connectivity index (χ3v) is 3.33. The molecule has 1 heterocycles. The minimum Gasteiger partial charge on any atom is -0.376 e. The Kier molecular flexibility index (Phi) is 7.22. The number of pyridine rings is 1. The summed E-state index contributed by atoms with van der Waals surface area (Å²) in [7, 11) is 0. The standard InChI is InChI=1S/C14H22ClNO/c1-3-5-7-12(4-2)10-17-11-13-8-6-9-16-14(13)15/h6,8-9,12H,3-5,7,10-11H2,1-2H3. The SMILES string of the molecule is CCCCC(CC)COCc1cccnc1Cl. The molecule has 0 bridgehead atoms. The number of aromatic nitrogens is 1. The highest BCUT2D eigenvalue weighted by atomic mass is 35.5. The van der Waals surface area contributed by atoms with Crippen LogP contribution in [0.2, 0.25) is 5.15 Å². The minimum absolute atomic E-state index is 0.550. The van der Waals surface area contributed by atoms with Gasteiger partial charge in [-0.05, 0) is 18.4 Å². The molecule has 0 amide bonds. The van der Waals surface area contributed by atoms with E-state index in [0.717, 1.165) is 12.2 Å². The normalized spacial score (nSPS) is 12.6. The number of hydrogen-bond donors (Lipinski definition) is 0. The molecule has 0 saturated carbocycles. The molecule has 0 radical (unpaired) electrons. The zero-order valence-electron chi connectivity index (χ0n) is 10.8. The fourth-order valence-electron chi connectivity index (χ4n) is 1.76. The average molecular weight is 256 g/mol. The molecule has 0 aliphatic heterocycles. The fourth-order valence-corrected chi connectivity index (χ4v) is 1.93. The van der Waals surface area contributed by atoms with Crippen LogP contribution in [0, 0.1) is 5.92 Å². The molecule has 0 aromatic carbocycles. The molecule has 0 aliphatic carbocycles. The van der Waals surface area contributed by atoms with Crippen molar-refractivity contribution < 1.29 is 4.74 Å². The van der Waals surface area contributed by atoms with Gasteiger partial charge in [-0.3, -0.25) is 0 Å². The highest BCUT2D eigenvalue weighted by Gasteiger charge is 2.07. The van der Waals surface area contributed by atoms with Gasteiger partial charge in [-0.2, -0.15) is 0 Å². The van der Waals surface area contributed by atoms with Crippen LogP contribution in [-0.2, 0) is 11.3 Å². The van der Waals surface area contributed by atoms with E-state index in [9.17, 15) is 0 Å². The Morgan fingerprint density at radius 3 is 2.88 bits per heavy atom. The van der Waals surface area contributed by atoms with Gasteiger partial charge in [0.15, 0.2) is 0 Å². The van der Waals surface area contributed by atoms with Crippen LogP contribution < -0.4 is 0 Å². The van der Waals surface area contributed by atoms with Crippen LogP contribution in [0.4, 0.5) is 0 Å². The first-order valence-corrected chi connectivity index (χ1v) is 6.82. The van der Waals surface area contributed by atoms with Crippen molar-refractivity contribution in [2.45, 2.75) is 46.1 Å². The lowest BCUT2D eigenvalue weighted by atomic mass is 10.0. The van der Waals surface area contributed by atoms with Crippen LogP contribution in [-0.4, -0.2) is 11.6 Å². The van der Waals surface area contributed by atoms with Gasteiger partial charge in [-0.15, -0.1) is 0 Å². The molecule has 1 atom stereocenters. The number of nitrogens with zero attached hydrogens (tertiary/aromatic N) is 1. The second-order valence-corrected chi connectivity index (χ2v) is 4.74. The molecule has 96 valence electrons. The first kappa shape index (κ1) is 14.5. The molecule has 0 aliphatic rings. The second kappa shape index (κ2) is 8.48. The maximum absolute atomic E-state index is 5.97. The molecule has 1 aromatic rings. The van der Waals surface area contributed by atoms with E-state index in [-0.39, 0.29) is 0 Å². The summed E-state index contributed by atoms with van der Waals surface area (Å²) in [5, 5.41) is 0.550. The van der Waals surface area contributed by atoms with Gasteiger partial charge in [0, 0.05) is 18.4 Å². The van der Waals surface area contributed by atoms with Crippen LogP contribution in [0.5, 0.6) is 0 Å². The molecule has 0 N–H and O–H groups in total. The van der Waals surface area contributed by atoms with Crippen molar-refractivity contribution in [3.8, 4) is 0 Å². The Morgan fingerprint density at radius 2 is 2.24 bits per heavy atom. The van der Waals surface area contributed by atoms with Gasteiger partial charge in [0.1, 0.15) is 5.15 Å². The smallest absolute Gasteiger partial charge is 0.134 e. The van der Waals surface area contributed by atoms with E-state index in [1.165, 1.54) is 25.7 Å². The highest BCUT2D eigenvalue weighted by molar-refractivity contribution is 6.30. The summed E-state index contributed by atoms with van der Waals surface area (Å²) in [6.45, 7) is 5.83. The predicted octanol–water partition coefficient (Wildman–Crippen LogP) is 4.47.